The predicted octanol–water partition coefficient (Wildman–Crippen LogP) is 2.14. The van der Waals surface area contributed by atoms with Gasteiger partial charge in [-0.25, -0.2) is 9.97 Å². The van der Waals surface area contributed by atoms with Crippen molar-refractivity contribution in [2.75, 3.05) is 25.5 Å². The fraction of sp³-hybridized carbons (Fsp3) is 0.333. The lowest BCUT2D eigenvalue weighted by atomic mass is 10.1. The fourth-order valence-electron chi connectivity index (χ4n) is 3.81. The van der Waals surface area contributed by atoms with E-state index in [0.29, 0.717) is 11.6 Å². The van der Waals surface area contributed by atoms with Crippen LogP contribution in [0.25, 0.3) is 22.2 Å². The highest BCUT2D eigenvalue weighted by Crippen LogP contribution is 2.23. The molecule has 1 aromatic carbocycles. The molecule has 0 spiro atoms. The average Bonchev–Trinajstić information content (AvgIpc) is 3.43. The van der Waals surface area contributed by atoms with Gasteiger partial charge in [0.15, 0.2) is 0 Å². The molecule has 4 heterocycles. The second-order valence-corrected chi connectivity index (χ2v) is 7.94. The molecule has 1 saturated heterocycles. The molecule has 31 heavy (non-hydrogen) atoms. The number of nitrogens with one attached hydrogen (secondary N) is 1. The van der Waals surface area contributed by atoms with Crippen LogP contribution in [0.1, 0.15) is 29.2 Å². The molecule has 5 rings (SSSR count). The van der Waals surface area contributed by atoms with E-state index in [9.17, 15) is 4.79 Å². The van der Waals surface area contributed by atoms with Crippen molar-refractivity contribution in [3.05, 3.63) is 48.5 Å². The topological polar surface area (TPSA) is 107 Å². The lowest BCUT2D eigenvalue weighted by Crippen LogP contribution is -2.31. The molecule has 1 aliphatic heterocycles. The maximum absolute atomic E-state index is 12.7. The Balaban J connectivity index is 1.33. The average molecular weight is 417 g/mol. The van der Waals surface area contributed by atoms with Gasteiger partial charge in [-0.3, -0.25) is 19.5 Å². The number of rotatable bonds is 4. The van der Waals surface area contributed by atoms with Gasteiger partial charge in [-0.15, -0.1) is 5.10 Å². The summed E-state index contributed by atoms with van der Waals surface area (Å²) in [6.07, 6.45) is 9.00. The number of fused-ring (bicyclic) bond motifs is 1. The molecule has 0 atom stereocenters. The molecule has 158 valence electrons. The minimum absolute atomic E-state index is 0.251. The van der Waals surface area contributed by atoms with Crippen LogP contribution in [-0.4, -0.2) is 65.7 Å². The number of aromatic nitrogens is 7. The van der Waals surface area contributed by atoms with E-state index < -0.39 is 0 Å². The van der Waals surface area contributed by atoms with Crippen LogP contribution >= 0.6 is 0 Å². The summed E-state index contributed by atoms with van der Waals surface area (Å²) in [5.74, 6) is -0.0237. The summed E-state index contributed by atoms with van der Waals surface area (Å²) in [6.45, 7) is 2.07. The van der Waals surface area contributed by atoms with Gasteiger partial charge in [0.2, 0.25) is 5.95 Å². The summed E-state index contributed by atoms with van der Waals surface area (Å²) in [5.41, 5.74) is 2.87. The van der Waals surface area contributed by atoms with Gasteiger partial charge in [-0.1, -0.05) is 17.3 Å². The Hall–Kier alpha value is -3.66. The molecule has 0 radical (unpaired) electrons. The van der Waals surface area contributed by atoms with Crippen LogP contribution in [0.15, 0.2) is 43.0 Å². The summed E-state index contributed by atoms with van der Waals surface area (Å²) >= 11 is 0. The Morgan fingerprint density at radius 3 is 2.74 bits per heavy atom. The Labute approximate surface area is 178 Å². The first-order chi connectivity index (χ1) is 15.0. The monoisotopic (exact) mass is 417 g/mol. The normalized spacial score (nSPS) is 15.4. The number of hydrogen-bond donors (Lipinski definition) is 1. The van der Waals surface area contributed by atoms with E-state index in [0.717, 1.165) is 48.1 Å². The van der Waals surface area contributed by atoms with Gasteiger partial charge in [-0.2, -0.15) is 5.10 Å². The van der Waals surface area contributed by atoms with Gasteiger partial charge in [0, 0.05) is 30.4 Å². The molecule has 0 bridgehead atoms. The SMILES string of the molecule is CN1CCC(n2cc(C(=O)Nc3ncc4ccc(-c5cn(C)nn5)cc4n3)cn2)CC1. The molecule has 1 aliphatic rings. The summed E-state index contributed by atoms with van der Waals surface area (Å²) in [4.78, 5) is 23.8. The van der Waals surface area contributed by atoms with E-state index in [-0.39, 0.29) is 11.9 Å². The third-order valence-corrected chi connectivity index (χ3v) is 5.63. The highest BCUT2D eigenvalue weighted by atomic mass is 16.1. The Kier molecular flexibility index (Phi) is 4.91. The van der Waals surface area contributed by atoms with E-state index in [1.54, 1.807) is 23.3 Å². The summed E-state index contributed by atoms with van der Waals surface area (Å²) in [7, 11) is 3.94. The third kappa shape index (κ3) is 4.02. The van der Waals surface area contributed by atoms with Crippen LogP contribution in [-0.2, 0) is 7.05 Å². The van der Waals surface area contributed by atoms with Gasteiger partial charge < -0.3 is 4.90 Å². The standard InChI is InChI=1S/C21H23N9O/c1-28-7-5-17(6-8-28)30-12-16(11-23-30)20(31)25-21-22-10-15-4-3-14(9-18(15)24-21)19-13-29(2)27-26-19/h3-4,9-13,17H,5-8H2,1-2H3,(H,22,24,25,31). The zero-order valence-corrected chi connectivity index (χ0v) is 17.4. The van der Waals surface area contributed by atoms with Crippen molar-refractivity contribution < 1.29 is 4.79 Å². The number of amides is 1. The maximum Gasteiger partial charge on any atom is 0.261 e. The molecule has 0 unspecified atom stereocenters. The number of aryl methyl sites for hydroxylation is 1. The lowest BCUT2D eigenvalue weighted by Gasteiger charge is -2.28. The number of carbonyl (C=O) groups is 1. The van der Waals surface area contributed by atoms with Crippen molar-refractivity contribution in [2.24, 2.45) is 7.05 Å². The summed E-state index contributed by atoms with van der Waals surface area (Å²) in [5, 5.41) is 16.2. The van der Waals surface area contributed by atoms with E-state index >= 15 is 0 Å². The van der Waals surface area contributed by atoms with Gasteiger partial charge in [0.25, 0.3) is 5.91 Å². The molecule has 1 N–H and O–H groups in total. The molecule has 1 amide bonds. The predicted molar refractivity (Wildman–Crippen MR) is 115 cm³/mol. The number of likely N-dealkylation sites (tertiary alicyclic amines) is 1. The molecule has 4 aromatic rings. The zero-order valence-electron chi connectivity index (χ0n) is 17.4. The van der Waals surface area contributed by atoms with Crippen LogP contribution < -0.4 is 5.32 Å². The van der Waals surface area contributed by atoms with Crippen LogP contribution in [0.5, 0.6) is 0 Å². The van der Waals surface area contributed by atoms with Crippen molar-refractivity contribution >= 4 is 22.8 Å². The lowest BCUT2D eigenvalue weighted by molar-refractivity contribution is 0.102. The second kappa shape index (κ2) is 7.88. The quantitative estimate of drug-likeness (QED) is 0.542. The van der Waals surface area contributed by atoms with Crippen LogP contribution in [0, 0.1) is 0 Å². The van der Waals surface area contributed by atoms with Gasteiger partial charge in [-0.05, 0) is 39.0 Å². The number of piperidine rings is 1. The van der Waals surface area contributed by atoms with Gasteiger partial charge >= 0.3 is 0 Å². The highest BCUT2D eigenvalue weighted by molar-refractivity contribution is 6.03. The number of hydrogen-bond acceptors (Lipinski definition) is 7. The van der Waals surface area contributed by atoms with Crippen LogP contribution in [0.2, 0.25) is 0 Å². The van der Waals surface area contributed by atoms with Crippen LogP contribution in [0.4, 0.5) is 5.95 Å². The molecule has 0 aliphatic carbocycles. The van der Waals surface area contributed by atoms with E-state index in [4.69, 9.17) is 0 Å². The molecule has 1 fully saturated rings. The molecule has 0 saturated carbocycles. The summed E-state index contributed by atoms with van der Waals surface area (Å²) in [6, 6.07) is 6.12. The maximum atomic E-state index is 12.7. The second-order valence-electron chi connectivity index (χ2n) is 7.94. The minimum Gasteiger partial charge on any atom is -0.306 e. The van der Waals surface area contributed by atoms with Gasteiger partial charge in [0.1, 0.15) is 5.69 Å². The molecule has 3 aromatic heterocycles. The number of carbonyl (C=O) groups excluding carboxylic acids is 1. The fourth-order valence-corrected chi connectivity index (χ4v) is 3.81. The first kappa shape index (κ1) is 19.3. The molecule has 10 heteroatoms. The smallest absolute Gasteiger partial charge is 0.261 e. The number of nitrogens with zero attached hydrogens (tertiary/aromatic N) is 8. The van der Waals surface area contributed by atoms with Crippen molar-refractivity contribution in [3.8, 4) is 11.3 Å². The zero-order chi connectivity index (χ0) is 21.4. The van der Waals surface area contributed by atoms with E-state index in [1.807, 2.05) is 36.1 Å². The van der Waals surface area contributed by atoms with Crippen molar-refractivity contribution in [2.45, 2.75) is 18.9 Å². The first-order valence-corrected chi connectivity index (χ1v) is 10.2. The van der Waals surface area contributed by atoms with E-state index in [2.05, 4.69) is 42.6 Å². The molecular formula is C21H23N9O. The Bertz CT molecular complexity index is 1240. The van der Waals surface area contributed by atoms with Gasteiger partial charge in [0.05, 0.1) is 29.5 Å². The largest absolute Gasteiger partial charge is 0.306 e. The number of benzene rings is 1. The van der Waals surface area contributed by atoms with Crippen molar-refractivity contribution in [3.63, 3.8) is 0 Å². The van der Waals surface area contributed by atoms with Crippen molar-refractivity contribution in [1.29, 1.82) is 0 Å². The molecule has 10 nitrogen and oxygen atoms in total. The third-order valence-electron chi connectivity index (χ3n) is 5.63. The van der Waals surface area contributed by atoms with Crippen LogP contribution in [0.3, 0.4) is 0 Å². The Morgan fingerprint density at radius 2 is 1.97 bits per heavy atom. The molecular weight excluding hydrogens is 394 g/mol. The van der Waals surface area contributed by atoms with Crippen molar-refractivity contribution in [1.82, 2.24) is 39.6 Å². The Morgan fingerprint density at radius 1 is 1.13 bits per heavy atom. The highest BCUT2D eigenvalue weighted by Gasteiger charge is 2.20. The summed E-state index contributed by atoms with van der Waals surface area (Å²) < 4.78 is 3.55. The van der Waals surface area contributed by atoms with E-state index in [1.165, 1.54) is 0 Å². The first-order valence-electron chi connectivity index (χ1n) is 10.2. The minimum atomic E-state index is -0.274. The number of anilines is 1.